The summed E-state index contributed by atoms with van der Waals surface area (Å²) in [4.78, 5) is 0. The molecule has 0 saturated carbocycles. The monoisotopic (exact) mass is 356 g/mol. The molecule has 0 radical (unpaired) electrons. The van der Waals surface area contributed by atoms with Gasteiger partial charge in [-0.2, -0.15) is 0 Å². The van der Waals surface area contributed by atoms with Crippen LogP contribution in [0.5, 0.6) is 0 Å². The van der Waals surface area contributed by atoms with Gasteiger partial charge in [-0.25, -0.2) is 0 Å². The van der Waals surface area contributed by atoms with Gasteiger partial charge in [0.15, 0.2) is 0 Å². The number of hydrogen-bond acceptors (Lipinski definition) is 0. The Hall–Kier alpha value is -0.577. The molecule has 0 aromatic rings. The van der Waals surface area contributed by atoms with Crippen LogP contribution >= 0.6 is 0 Å². The Morgan fingerprint density at radius 2 is 0.842 bits per heavy atom. The molecule has 0 nitrogen and oxygen atoms in total. The maximum atomic E-state index is 13.2. The molecule has 0 N–H and O–H groups in total. The van der Waals surface area contributed by atoms with Crippen LogP contribution in [-0.2, 0) is 23.2 Å². The predicted octanol–water partition coefficient (Wildman–Crippen LogP) is 4.76. The molecule has 0 atom stereocenters. The Bertz CT molecular complexity index is 409. The molecule has 0 heterocycles. The molecule has 7 heteroatoms. The average Bonchev–Trinajstić information content (AvgIpc) is 2.86. The third-order valence-electron chi connectivity index (χ3n) is 3.01. The van der Waals surface area contributed by atoms with Gasteiger partial charge in [0.05, 0.1) is 0 Å². The van der Waals surface area contributed by atoms with Crippen molar-refractivity contribution in [1.29, 1.82) is 0 Å². The van der Waals surface area contributed by atoms with Crippen LogP contribution in [0.3, 0.4) is 0 Å². The van der Waals surface area contributed by atoms with Crippen molar-refractivity contribution in [3.63, 3.8) is 0 Å². The molecule has 0 unspecified atom stereocenters. The Morgan fingerprint density at radius 1 is 0.579 bits per heavy atom. The van der Waals surface area contributed by atoms with Crippen molar-refractivity contribution in [2.75, 3.05) is 0 Å². The van der Waals surface area contributed by atoms with Crippen LogP contribution in [0.25, 0.3) is 0 Å². The molecule has 0 aromatic carbocycles. The van der Waals surface area contributed by atoms with Crippen molar-refractivity contribution in [2.24, 2.45) is 0 Å². The number of rotatable bonds is 2. The van der Waals surface area contributed by atoms with E-state index in [4.69, 9.17) is 0 Å². The van der Waals surface area contributed by atoms with Crippen LogP contribution in [0.2, 0.25) is 6.25 Å². The van der Waals surface area contributed by atoms with E-state index in [0.29, 0.717) is 0 Å². The quantitative estimate of drug-likeness (QED) is 0.625. The number of hydrogen-bond donors (Lipinski definition) is 0. The zero-order valence-corrected chi connectivity index (χ0v) is 11.8. The summed E-state index contributed by atoms with van der Waals surface area (Å²) >= 11 is -3.00. The molecule has 2 aliphatic carbocycles. The third kappa shape index (κ3) is 2.42. The molecule has 0 amide bonds. The Morgan fingerprint density at radius 3 is 1.05 bits per heavy atom. The van der Waals surface area contributed by atoms with Crippen LogP contribution < -0.4 is 0 Å². The van der Waals surface area contributed by atoms with Crippen molar-refractivity contribution in [1.82, 2.24) is 0 Å². The molecule has 0 saturated heterocycles. The van der Waals surface area contributed by atoms with Gasteiger partial charge >= 0.3 is 117 Å². The van der Waals surface area contributed by atoms with E-state index >= 15 is 0 Å². The van der Waals surface area contributed by atoms with Crippen LogP contribution in [0.1, 0.15) is 0 Å². The first-order valence-electron chi connectivity index (χ1n) is 5.29. The van der Waals surface area contributed by atoms with E-state index in [1.54, 1.807) is 0 Å². The van der Waals surface area contributed by atoms with Gasteiger partial charge < -0.3 is 0 Å². The van der Waals surface area contributed by atoms with Crippen LogP contribution in [0, 0.1) is 0 Å². The van der Waals surface area contributed by atoms with Gasteiger partial charge in [0.1, 0.15) is 0 Å². The summed E-state index contributed by atoms with van der Waals surface area (Å²) in [6.45, 7) is 0. The predicted molar refractivity (Wildman–Crippen MR) is 54.1 cm³/mol. The number of alkyl halides is 6. The van der Waals surface area contributed by atoms with Crippen LogP contribution in [0.4, 0.5) is 26.3 Å². The van der Waals surface area contributed by atoms with E-state index in [2.05, 4.69) is 0 Å². The Labute approximate surface area is 117 Å². The van der Waals surface area contributed by atoms with E-state index in [1.165, 1.54) is 24.3 Å². The van der Waals surface area contributed by atoms with Gasteiger partial charge in [-0.15, -0.1) is 0 Å². The maximum absolute atomic E-state index is 13.2. The topological polar surface area (TPSA) is 0 Å². The van der Waals surface area contributed by atoms with Crippen molar-refractivity contribution in [2.45, 2.75) is 18.6 Å². The second-order valence-corrected chi connectivity index (χ2v) is 8.98. The average molecular weight is 357 g/mol. The van der Waals surface area contributed by atoms with Crippen molar-refractivity contribution in [3.05, 3.63) is 48.6 Å². The van der Waals surface area contributed by atoms with Crippen LogP contribution in [0.15, 0.2) is 48.6 Å². The zero-order chi connectivity index (χ0) is 14.4. The molecular formula is C12H8F6Zr. The minimum atomic E-state index is -4.69. The Balaban J connectivity index is 2.43. The van der Waals surface area contributed by atoms with E-state index < -0.39 is 41.8 Å². The molecule has 0 aromatic heterocycles. The van der Waals surface area contributed by atoms with Gasteiger partial charge in [-0.05, 0) is 0 Å². The molecule has 0 spiro atoms. The summed E-state index contributed by atoms with van der Waals surface area (Å²) in [5.41, 5.74) is 0. The SMILES string of the molecule is FC(F)(F)[C]1([Zr][C]2(C(F)(F)F)C=CC=C2)C=CC=C1. The van der Waals surface area contributed by atoms with Gasteiger partial charge in [0.2, 0.25) is 0 Å². The first-order valence-corrected chi connectivity index (χ1v) is 7.75. The van der Waals surface area contributed by atoms with E-state index in [1.807, 2.05) is 0 Å². The van der Waals surface area contributed by atoms with E-state index in [-0.39, 0.29) is 0 Å². The summed E-state index contributed by atoms with van der Waals surface area (Å²) in [5.74, 6) is 0. The van der Waals surface area contributed by atoms with Crippen molar-refractivity contribution in [3.8, 4) is 0 Å². The fraction of sp³-hybridized carbons (Fsp3) is 0.333. The molecule has 19 heavy (non-hydrogen) atoms. The van der Waals surface area contributed by atoms with Crippen molar-refractivity contribution < 1.29 is 49.6 Å². The molecular weight excluding hydrogens is 349 g/mol. The summed E-state index contributed by atoms with van der Waals surface area (Å²) in [5, 5.41) is 0. The van der Waals surface area contributed by atoms with Gasteiger partial charge in [-0.3, -0.25) is 0 Å². The summed E-state index contributed by atoms with van der Waals surface area (Å²) in [6.07, 6.45) is -1.29. The van der Waals surface area contributed by atoms with Gasteiger partial charge in [-0.1, -0.05) is 0 Å². The third-order valence-corrected chi connectivity index (χ3v) is 8.08. The van der Waals surface area contributed by atoms with Gasteiger partial charge in [0, 0.05) is 0 Å². The first-order chi connectivity index (χ1) is 8.62. The molecule has 102 valence electrons. The van der Waals surface area contributed by atoms with Gasteiger partial charge in [0.25, 0.3) is 0 Å². The second kappa shape index (κ2) is 4.47. The molecule has 2 aliphatic rings. The summed E-state index contributed by atoms with van der Waals surface area (Å²) in [6, 6.07) is 0. The summed E-state index contributed by atoms with van der Waals surface area (Å²) < 4.78 is 74.1. The molecule has 0 bridgehead atoms. The molecule has 2 rings (SSSR count). The first kappa shape index (κ1) is 14.8. The van der Waals surface area contributed by atoms with Crippen molar-refractivity contribution >= 4 is 0 Å². The second-order valence-electron chi connectivity index (χ2n) is 4.30. The van der Waals surface area contributed by atoms with Crippen LogP contribution in [-0.4, -0.2) is 12.4 Å². The van der Waals surface area contributed by atoms with E-state index in [9.17, 15) is 26.3 Å². The summed E-state index contributed by atoms with van der Waals surface area (Å²) in [7, 11) is 0. The minimum absolute atomic E-state index is 0.854. The number of allylic oxidation sites excluding steroid dienone is 8. The standard InChI is InChI=1S/2C6H4F3.Zr/c2*7-6(8,9)5-3-1-2-4-5;/h2*1-4H;. The molecule has 0 aliphatic heterocycles. The number of halogens is 6. The fourth-order valence-electron chi connectivity index (χ4n) is 1.97. The van der Waals surface area contributed by atoms with E-state index in [0.717, 1.165) is 24.3 Å². The molecule has 0 fully saturated rings. The normalized spacial score (nSPS) is 23.3. The zero-order valence-electron chi connectivity index (χ0n) is 9.39. The fourth-order valence-corrected chi connectivity index (χ4v) is 6.11. The Kier molecular flexibility index (Phi) is 3.49.